The van der Waals surface area contributed by atoms with Crippen LogP contribution in [0.2, 0.25) is 0 Å². The van der Waals surface area contributed by atoms with Gasteiger partial charge in [0.15, 0.2) is 0 Å². The molecule has 48 valence electrons. The zero-order valence-electron chi connectivity index (χ0n) is 5.00. The number of aliphatic hydroxyl groups is 1. The van der Waals surface area contributed by atoms with Crippen LogP contribution in [0.25, 0.3) is 0 Å². The standard InChI is InChI=1S/C5H10O3/c1-3-4(2)8-5(6)7-3/h3-6H,1-2H3. The average molecular weight is 118 g/mol. The lowest BCUT2D eigenvalue weighted by atomic mass is 10.3. The van der Waals surface area contributed by atoms with Crippen molar-refractivity contribution >= 4 is 0 Å². The summed E-state index contributed by atoms with van der Waals surface area (Å²) in [5.74, 6) is 0. The molecule has 1 heterocycles. The van der Waals surface area contributed by atoms with Crippen LogP contribution in [0.4, 0.5) is 0 Å². The molecule has 1 rings (SSSR count). The Labute approximate surface area is 48.2 Å². The fraction of sp³-hybridized carbons (Fsp3) is 1.00. The molecule has 1 saturated heterocycles. The van der Waals surface area contributed by atoms with Gasteiger partial charge in [0.1, 0.15) is 0 Å². The zero-order chi connectivity index (χ0) is 6.15. The van der Waals surface area contributed by atoms with Crippen LogP contribution < -0.4 is 0 Å². The van der Waals surface area contributed by atoms with E-state index in [9.17, 15) is 0 Å². The van der Waals surface area contributed by atoms with Gasteiger partial charge in [-0.3, -0.25) is 0 Å². The van der Waals surface area contributed by atoms with Crippen molar-refractivity contribution in [2.24, 2.45) is 0 Å². The van der Waals surface area contributed by atoms with Crippen LogP contribution >= 0.6 is 0 Å². The van der Waals surface area contributed by atoms with Gasteiger partial charge in [-0.15, -0.1) is 0 Å². The van der Waals surface area contributed by atoms with Crippen LogP contribution in [0.15, 0.2) is 0 Å². The van der Waals surface area contributed by atoms with Gasteiger partial charge in [0, 0.05) is 0 Å². The predicted molar refractivity (Wildman–Crippen MR) is 27.1 cm³/mol. The molecule has 8 heavy (non-hydrogen) atoms. The highest BCUT2D eigenvalue weighted by Crippen LogP contribution is 2.15. The Morgan fingerprint density at radius 2 is 1.50 bits per heavy atom. The van der Waals surface area contributed by atoms with Crippen molar-refractivity contribution in [2.75, 3.05) is 0 Å². The van der Waals surface area contributed by atoms with Crippen LogP contribution in [0.5, 0.6) is 0 Å². The lowest BCUT2D eigenvalue weighted by Gasteiger charge is -2.01. The number of rotatable bonds is 0. The second kappa shape index (κ2) is 2.01. The van der Waals surface area contributed by atoms with Crippen molar-refractivity contribution < 1.29 is 14.6 Å². The van der Waals surface area contributed by atoms with Gasteiger partial charge in [0.2, 0.25) is 0 Å². The SMILES string of the molecule is CC1OC(O)OC1C. The molecule has 0 saturated carbocycles. The maximum atomic E-state index is 8.63. The lowest BCUT2D eigenvalue weighted by Crippen LogP contribution is -2.13. The minimum atomic E-state index is -1.00. The fourth-order valence-corrected chi connectivity index (χ4v) is 0.621. The molecule has 0 radical (unpaired) electrons. The van der Waals surface area contributed by atoms with E-state index in [1.165, 1.54) is 0 Å². The molecule has 0 aromatic carbocycles. The Morgan fingerprint density at radius 3 is 1.62 bits per heavy atom. The van der Waals surface area contributed by atoms with Crippen LogP contribution in [0.3, 0.4) is 0 Å². The number of hydrogen-bond donors (Lipinski definition) is 1. The Balaban J connectivity index is 2.39. The van der Waals surface area contributed by atoms with Gasteiger partial charge < -0.3 is 14.6 Å². The van der Waals surface area contributed by atoms with Crippen LogP contribution in [-0.4, -0.2) is 23.8 Å². The summed E-state index contributed by atoms with van der Waals surface area (Å²) in [5.41, 5.74) is 0. The predicted octanol–water partition coefficient (Wildman–Crippen LogP) is 0.0861. The molecule has 0 aliphatic carbocycles. The average Bonchev–Trinajstić information content (AvgIpc) is 1.85. The van der Waals surface area contributed by atoms with Crippen molar-refractivity contribution in [2.45, 2.75) is 32.5 Å². The van der Waals surface area contributed by atoms with E-state index in [-0.39, 0.29) is 12.2 Å². The van der Waals surface area contributed by atoms with E-state index in [0.29, 0.717) is 0 Å². The summed E-state index contributed by atoms with van der Waals surface area (Å²) in [6.07, 6.45) is 0.0370. The molecule has 1 N–H and O–H groups in total. The molecule has 2 unspecified atom stereocenters. The van der Waals surface area contributed by atoms with Gasteiger partial charge in [-0.1, -0.05) is 0 Å². The summed E-state index contributed by atoms with van der Waals surface area (Å²) in [4.78, 5) is 0. The normalized spacial score (nSPS) is 47.6. The summed E-state index contributed by atoms with van der Waals surface area (Å²) in [6, 6.07) is 0. The molecule has 0 bridgehead atoms. The Bertz CT molecular complexity index is 73.7. The third-order valence-electron chi connectivity index (χ3n) is 1.32. The highest BCUT2D eigenvalue weighted by Gasteiger charge is 2.27. The maximum Gasteiger partial charge on any atom is 0.269 e. The summed E-state index contributed by atoms with van der Waals surface area (Å²) < 4.78 is 9.61. The first-order valence-corrected chi connectivity index (χ1v) is 2.69. The maximum absolute atomic E-state index is 8.63. The molecule has 0 spiro atoms. The van der Waals surface area contributed by atoms with E-state index in [2.05, 4.69) is 0 Å². The molecule has 0 aromatic heterocycles. The van der Waals surface area contributed by atoms with Crippen molar-refractivity contribution in [3.05, 3.63) is 0 Å². The number of hydrogen-bond acceptors (Lipinski definition) is 3. The molecule has 3 heteroatoms. The monoisotopic (exact) mass is 118 g/mol. The molecular weight excluding hydrogens is 108 g/mol. The smallest absolute Gasteiger partial charge is 0.269 e. The first-order valence-electron chi connectivity index (χ1n) is 2.69. The highest BCUT2D eigenvalue weighted by molar-refractivity contribution is 4.63. The van der Waals surface area contributed by atoms with Gasteiger partial charge >= 0.3 is 0 Å². The van der Waals surface area contributed by atoms with Crippen molar-refractivity contribution in [3.63, 3.8) is 0 Å². The van der Waals surface area contributed by atoms with Gasteiger partial charge in [0.25, 0.3) is 6.48 Å². The third-order valence-corrected chi connectivity index (χ3v) is 1.32. The molecule has 0 amide bonds. The summed E-state index contributed by atoms with van der Waals surface area (Å²) in [6.45, 7) is 2.72. The van der Waals surface area contributed by atoms with E-state index < -0.39 is 6.48 Å². The molecule has 3 nitrogen and oxygen atoms in total. The van der Waals surface area contributed by atoms with Crippen molar-refractivity contribution in [1.29, 1.82) is 0 Å². The van der Waals surface area contributed by atoms with E-state index in [0.717, 1.165) is 0 Å². The highest BCUT2D eigenvalue weighted by atomic mass is 16.8. The molecule has 2 atom stereocenters. The first kappa shape index (κ1) is 6.01. The van der Waals surface area contributed by atoms with Crippen LogP contribution in [0, 0.1) is 0 Å². The second-order valence-corrected chi connectivity index (χ2v) is 1.99. The summed E-state index contributed by atoms with van der Waals surface area (Å²) >= 11 is 0. The number of ether oxygens (including phenoxy) is 2. The van der Waals surface area contributed by atoms with E-state index in [4.69, 9.17) is 14.6 Å². The van der Waals surface area contributed by atoms with Gasteiger partial charge in [-0.2, -0.15) is 0 Å². The number of aliphatic hydroxyl groups excluding tert-OH is 1. The zero-order valence-corrected chi connectivity index (χ0v) is 5.00. The second-order valence-electron chi connectivity index (χ2n) is 1.99. The van der Waals surface area contributed by atoms with E-state index in [1.807, 2.05) is 13.8 Å². The summed E-state index contributed by atoms with van der Waals surface area (Å²) in [5, 5.41) is 8.63. The minimum Gasteiger partial charge on any atom is -0.346 e. The fourth-order valence-electron chi connectivity index (χ4n) is 0.621. The van der Waals surface area contributed by atoms with Crippen LogP contribution in [-0.2, 0) is 9.47 Å². The van der Waals surface area contributed by atoms with Gasteiger partial charge in [-0.05, 0) is 13.8 Å². The first-order chi connectivity index (χ1) is 3.70. The molecule has 1 fully saturated rings. The molecule has 0 aromatic rings. The Kier molecular flexibility index (Phi) is 1.51. The summed E-state index contributed by atoms with van der Waals surface area (Å²) in [7, 11) is 0. The van der Waals surface area contributed by atoms with E-state index >= 15 is 0 Å². The molecular formula is C5H10O3. The largest absolute Gasteiger partial charge is 0.346 e. The van der Waals surface area contributed by atoms with Crippen molar-refractivity contribution in [3.8, 4) is 0 Å². The van der Waals surface area contributed by atoms with Crippen LogP contribution in [0.1, 0.15) is 13.8 Å². The lowest BCUT2D eigenvalue weighted by molar-refractivity contribution is -0.208. The Hall–Kier alpha value is -0.120. The molecule has 1 aliphatic rings. The van der Waals surface area contributed by atoms with Gasteiger partial charge in [-0.25, -0.2) is 0 Å². The molecule has 1 aliphatic heterocycles. The quantitative estimate of drug-likeness (QED) is 0.489. The third kappa shape index (κ3) is 0.992. The van der Waals surface area contributed by atoms with E-state index in [1.54, 1.807) is 0 Å². The van der Waals surface area contributed by atoms with Crippen molar-refractivity contribution in [1.82, 2.24) is 0 Å². The van der Waals surface area contributed by atoms with Gasteiger partial charge in [0.05, 0.1) is 12.2 Å². The minimum absolute atomic E-state index is 0.0185. The Morgan fingerprint density at radius 1 is 1.12 bits per heavy atom. The topological polar surface area (TPSA) is 38.7 Å².